The summed E-state index contributed by atoms with van der Waals surface area (Å²) in [6, 6.07) is 10.3. The van der Waals surface area contributed by atoms with Gasteiger partial charge in [0, 0.05) is 0 Å². The number of rotatable bonds is 4. The van der Waals surface area contributed by atoms with E-state index in [4.69, 9.17) is 9.05 Å². The van der Waals surface area contributed by atoms with Gasteiger partial charge in [0.25, 0.3) is 0 Å². The molecular weight excluding hydrogens is 302 g/mol. The first kappa shape index (κ1) is 12.9. The molecule has 0 fully saturated rings. The van der Waals surface area contributed by atoms with E-state index in [1.54, 1.807) is 6.26 Å². The Balaban J connectivity index is 1.98. The van der Waals surface area contributed by atoms with E-state index in [1.165, 1.54) is 8.93 Å². The molecule has 0 radical (unpaired) electrons. The van der Waals surface area contributed by atoms with Crippen LogP contribution in [-0.4, -0.2) is 27.7 Å². The third kappa shape index (κ3) is 3.72. The zero-order valence-electron chi connectivity index (χ0n) is 9.67. The first-order chi connectivity index (χ1) is 8.22. The zero-order chi connectivity index (χ0) is 12.1. The molecule has 1 aromatic rings. The second kappa shape index (κ2) is 5.88. The second-order valence-corrected chi connectivity index (χ2v) is 8.26. The van der Waals surface area contributed by atoms with Crippen molar-refractivity contribution >= 4 is 27.0 Å². The van der Waals surface area contributed by atoms with Crippen LogP contribution in [0.5, 0.6) is 0 Å². The van der Waals surface area contributed by atoms with Crippen molar-refractivity contribution < 1.29 is 13.6 Å². The molecule has 1 atom stereocenters. The van der Waals surface area contributed by atoms with E-state index in [0.717, 1.165) is 6.42 Å². The Morgan fingerprint density at radius 3 is 2.76 bits per heavy atom. The van der Waals surface area contributed by atoms with Gasteiger partial charge in [-0.15, -0.1) is 0 Å². The van der Waals surface area contributed by atoms with Crippen LogP contribution < -0.4 is 4.46 Å². The van der Waals surface area contributed by atoms with Crippen LogP contribution in [0.3, 0.4) is 0 Å². The van der Waals surface area contributed by atoms with Crippen LogP contribution in [0.25, 0.3) is 0 Å². The molecular formula is C12H15O3PSe. The SMILES string of the molecule is CCOP1(=O)CCC([Se]c2ccccc2)=CO1. The fourth-order valence-corrected chi connectivity index (χ4v) is 5.38. The predicted octanol–water partition coefficient (Wildman–Crippen LogP) is 2.51. The van der Waals surface area contributed by atoms with Crippen LogP contribution in [0.4, 0.5) is 0 Å². The van der Waals surface area contributed by atoms with Crippen molar-refractivity contribution in [3.05, 3.63) is 41.1 Å². The third-order valence-corrected chi connectivity index (χ3v) is 6.39. The fourth-order valence-electron chi connectivity index (χ4n) is 1.50. The first-order valence-electron chi connectivity index (χ1n) is 5.56. The molecule has 0 amide bonds. The minimum atomic E-state index is -2.82. The maximum atomic E-state index is 11.9. The summed E-state index contributed by atoms with van der Waals surface area (Å²) in [6.07, 6.45) is 2.96. The van der Waals surface area contributed by atoms with Gasteiger partial charge in [0.2, 0.25) is 0 Å². The van der Waals surface area contributed by atoms with Crippen molar-refractivity contribution in [2.24, 2.45) is 0 Å². The molecule has 0 aromatic heterocycles. The average Bonchev–Trinajstić information content (AvgIpc) is 2.34. The molecule has 1 aromatic carbocycles. The maximum absolute atomic E-state index is 11.9. The van der Waals surface area contributed by atoms with Gasteiger partial charge in [-0.2, -0.15) is 0 Å². The second-order valence-electron chi connectivity index (χ2n) is 3.61. The molecule has 2 rings (SSSR count). The van der Waals surface area contributed by atoms with Crippen molar-refractivity contribution in [3.63, 3.8) is 0 Å². The van der Waals surface area contributed by atoms with E-state index in [1.807, 2.05) is 25.1 Å². The molecule has 0 saturated carbocycles. The van der Waals surface area contributed by atoms with Gasteiger partial charge < -0.3 is 0 Å². The van der Waals surface area contributed by atoms with E-state index in [0.29, 0.717) is 12.8 Å². The molecule has 0 spiro atoms. The van der Waals surface area contributed by atoms with Crippen LogP contribution in [-0.2, 0) is 13.6 Å². The van der Waals surface area contributed by atoms with Gasteiger partial charge in [-0.05, 0) is 0 Å². The summed E-state index contributed by atoms with van der Waals surface area (Å²) in [6.45, 7) is 2.26. The summed E-state index contributed by atoms with van der Waals surface area (Å²) >= 11 is 0.263. The fraction of sp³-hybridized carbons (Fsp3) is 0.333. The molecule has 1 aliphatic heterocycles. The molecule has 92 valence electrons. The molecule has 17 heavy (non-hydrogen) atoms. The number of hydrogen-bond acceptors (Lipinski definition) is 3. The number of benzene rings is 1. The predicted molar refractivity (Wildman–Crippen MR) is 69.7 cm³/mol. The van der Waals surface area contributed by atoms with Crippen LogP contribution in [0.1, 0.15) is 13.3 Å². The van der Waals surface area contributed by atoms with Gasteiger partial charge in [-0.25, -0.2) is 0 Å². The molecule has 0 bridgehead atoms. The van der Waals surface area contributed by atoms with Crippen molar-refractivity contribution in [2.45, 2.75) is 13.3 Å². The zero-order valence-corrected chi connectivity index (χ0v) is 12.3. The van der Waals surface area contributed by atoms with Crippen molar-refractivity contribution in [1.82, 2.24) is 0 Å². The molecule has 3 nitrogen and oxygen atoms in total. The van der Waals surface area contributed by atoms with Crippen LogP contribution in [0.2, 0.25) is 0 Å². The van der Waals surface area contributed by atoms with E-state index >= 15 is 0 Å². The Kier molecular flexibility index (Phi) is 4.47. The van der Waals surface area contributed by atoms with Crippen molar-refractivity contribution in [1.29, 1.82) is 0 Å². The monoisotopic (exact) mass is 318 g/mol. The molecule has 1 aliphatic rings. The Hall–Kier alpha value is -0.531. The summed E-state index contributed by atoms with van der Waals surface area (Å²) in [4.78, 5) is 0. The van der Waals surface area contributed by atoms with Crippen LogP contribution in [0, 0.1) is 0 Å². The standard InChI is InChI=1S/C12H15O3PSe/c1-2-14-16(13)9-8-12(10-15-16)17-11-6-4-3-5-7-11/h3-7,10H,2,8-9H2,1H3. The van der Waals surface area contributed by atoms with Gasteiger partial charge in [-0.1, -0.05) is 0 Å². The quantitative estimate of drug-likeness (QED) is 0.632. The van der Waals surface area contributed by atoms with Crippen molar-refractivity contribution in [3.8, 4) is 0 Å². The Bertz CT molecular complexity index is 444. The summed E-state index contributed by atoms with van der Waals surface area (Å²) in [5.74, 6) is 0. The third-order valence-electron chi connectivity index (χ3n) is 2.29. The van der Waals surface area contributed by atoms with Gasteiger partial charge >= 0.3 is 108 Å². The summed E-state index contributed by atoms with van der Waals surface area (Å²) < 4.78 is 24.9. The van der Waals surface area contributed by atoms with Crippen LogP contribution in [0.15, 0.2) is 41.1 Å². The summed E-state index contributed by atoms with van der Waals surface area (Å²) in [5.41, 5.74) is 0. The van der Waals surface area contributed by atoms with Gasteiger partial charge in [0.15, 0.2) is 0 Å². The van der Waals surface area contributed by atoms with Gasteiger partial charge in [-0.3, -0.25) is 0 Å². The van der Waals surface area contributed by atoms with E-state index in [-0.39, 0.29) is 15.0 Å². The average molecular weight is 317 g/mol. The van der Waals surface area contributed by atoms with E-state index in [9.17, 15) is 4.57 Å². The Labute approximate surface area is 108 Å². The minimum absolute atomic E-state index is 0.263. The summed E-state index contributed by atoms with van der Waals surface area (Å²) in [5, 5.41) is 0. The number of allylic oxidation sites excluding steroid dienone is 1. The Morgan fingerprint density at radius 2 is 2.18 bits per heavy atom. The van der Waals surface area contributed by atoms with Gasteiger partial charge in [0.05, 0.1) is 0 Å². The molecule has 1 unspecified atom stereocenters. The topological polar surface area (TPSA) is 35.5 Å². The van der Waals surface area contributed by atoms with Gasteiger partial charge in [0.1, 0.15) is 0 Å². The molecule has 0 N–H and O–H groups in total. The van der Waals surface area contributed by atoms with E-state index in [2.05, 4.69) is 12.1 Å². The molecule has 1 heterocycles. The van der Waals surface area contributed by atoms with Crippen molar-refractivity contribution in [2.75, 3.05) is 12.8 Å². The number of hydrogen-bond donors (Lipinski definition) is 0. The Morgan fingerprint density at radius 1 is 1.41 bits per heavy atom. The summed E-state index contributed by atoms with van der Waals surface area (Å²) in [7, 11) is -2.82. The first-order valence-corrected chi connectivity index (χ1v) is 9.00. The molecule has 5 heteroatoms. The van der Waals surface area contributed by atoms with Crippen LogP contribution >= 0.6 is 7.60 Å². The molecule has 0 aliphatic carbocycles. The molecule has 0 saturated heterocycles. The van der Waals surface area contributed by atoms with E-state index < -0.39 is 7.60 Å². The normalized spacial score (nSPS) is 23.9.